The van der Waals surface area contributed by atoms with Gasteiger partial charge in [0.15, 0.2) is 0 Å². The van der Waals surface area contributed by atoms with E-state index < -0.39 is 0 Å². The van der Waals surface area contributed by atoms with Crippen molar-refractivity contribution in [3.05, 3.63) is 29.3 Å². The second kappa shape index (κ2) is 8.82. The number of imide groups is 1. The van der Waals surface area contributed by atoms with E-state index in [1.54, 1.807) is 6.07 Å². The number of benzene rings is 1. The first kappa shape index (κ1) is 20.8. The highest BCUT2D eigenvalue weighted by atomic mass is 32.2. The van der Waals surface area contributed by atoms with E-state index in [1.165, 1.54) is 4.90 Å². The maximum Gasteiger partial charge on any atom is 0.263 e. The number of carbonyl (C=O) groups is 3. The van der Waals surface area contributed by atoms with Gasteiger partial charge in [0, 0.05) is 44.3 Å². The molecule has 0 saturated carbocycles. The Morgan fingerprint density at radius 2 is 1.90 bits per heavy atom. The third-order valence-corrected chi connectivity index (χ3v) is 7.76. The number of amides is 3. The number of hydrogen-bond acceptors (Lipinski definition) is 6. The average Bonchev–Trinajstić information content (AvgIpc) is 3.42. The number of anilines is 1. The topological polar surface area (TPSA) is 70.2 Å². The van der Waals surface area contributed by atoms with Crippen molar-refractivity contribution in [3.63, 3.8) is 0 Å². The molecule has 0 radical (unpaired) electrons. The molecule has 4 aliphatic rings. The van der Waals surface area contributed by atoms with Crippen molar-refractivity contribution in [1.82, 2.24) is 9.80 Å². The summed E-state index contributed by atoms with van der Waals surface area (Å²) in [5.74, 6) is 1.74. The second-order valence-electron chi connectivity index (χ2n) is 8.78. The molecule has 2 unspecified atom stereocenters. The minimum Gasteiger partial charge on any atom is -0.376 e. The molecule has 3 fully saturated rings. The van der Waals surface area contributed by atoms with Crippen LogP contribution in [0.15, 0.2) is 18.2 Å². The van der Waals surface area contributed by atoms with Crippen LogP contribution in [0, 0.1) is 5.92 Å². The van der Waals surface area contributed by atoms with Crippen LogP contribution in [0.25, 0.3) is 0 Å². The molecule has 1 aromatic rings. The minimum atomic E-state index is -0.229. The summed E-state index contributed by atoms with van der Waals surface area (Å²) in [7, 11) is 0. The van der Waals surface area contributed by atoms with Crippen molar-refractivity contribution in [1.29, 1.82) is 0 Å². The molecule has 1 aromatic carbocycles. The lowest BCUT2D eigenvalue weighted by molar-refractivity contribution is -0.135. The van der Waals surface area contributed by atoms with E-state index in [0.717, 1.165) is 62.5 Å². The van der Waals surface area contributed by atoms with Crippen LogP contribution in [0.1, 0.15) is 46.4 Å². The molecule has 166 valence electrons. The minimum absolute atomic E-state index is 0.0529. The summed E-state index contributed by atoms with van der Waals surface area (Å²) in [5.41, 5.74) is 1.76. The van der Waals surface area contributed by atoms with E-state index in [2.05, 4.69) is 4.90 Å². The van der Waals surface area contributed by atoms with Crippen LogP contribution in [-0.4, -0.2) is 84.5 Å². The van der Waals surface area contributed by atoms with E-state index in [-0.39, 0.29) is 29.7 Å². The van der Waals surface area contributed by atoms with Crippen molar-refractivity contribution in [3.8, 4) is 0 Å². The van der Waals surface area contributed by atoms with Gasteiger partial charge in [-0.15, -0.1) is 0 Å². The van der Waals surface area contributed by atoms with Crippen molar-refractivity contribution in [2.45, 2.75) is 31.8 Å². The van der Waals surface area contributed by atoms with Crippen LogP contribution in [0.4, 0.5) is 5.69 Å². The lowest BCUT2D eigenvalue weighted by Gasteiger charge is -2.37. The molecule has 0 aliphatic carbocycles. The van der Waals surface area contributed by atoms with E-state index >= 15 is 0 Å². The number of ether oxygens (including phenoxy) is 1. The van der Waals surface area contributed by atoms with Crippen LogP contribution in [0.5, 0.6) is 0 Å². The molecule has 4 heterocycles. The standard InChI is InChI=1S/C23H29N3O4S/c27-21(24-9-12-31-13-10-24)16-4-2-8-25(14-16)19-7-1-6-18-20(19)23(29)26(22(18)28)15-17-5-3-11-30-17/h1,6-7,16-17H,2-5,8-15H2. The normalized spacial score (nSPS) is 26.5. The third-order valence-electron chi connectivity index (χ3n) is 6.82. The van der Waals surface area contributed by atoms with Gasteiger partial charge in [-0.05, 0) is 37.8 Å². The fourth-order valence-corrected chi connectivity index (χ4v) is 6.08. The number of carbonyl (C=O) groups excluding carboxylic acids is 3. The third kappa shape index (κ3) is 3.96. The zero-order chi connectivity index (χ0) is 21.4. The lowest BCUT2D eigenvalue weighted by Crippen LogP contribution is -2.47. The highest BCUT2D eigenvalue weighted by Crippen LogP contribution is 2.35. The largest absolute Gasteiger partial charge is 0.376 e. The Bertz CT molecular complexity index is 880. The van der Waals surface area contributed by atoms with Gasteiger partial charge in [-0.1, -0.05) is 6.07 Å². The zero-order valence-corrected chi connectivity index (χ0v) is 18.6. The van der Waals surface area contributed by atoms with Crippen LogP contribution >= 0.6 is 11.8 Å². The van der Waals surface area contributed by atoms with Gasteiger partial charge in [0.1, 0.15) is 0 Å². The maximum absolute atomic E-state index is 13.3. The van der Waals surface area contributed by atoms with Crippen LogP contribution in [0.3, 0.4) is 0 Å². The Morgan fingerprint density at radius 1 is 1.06 bits per heavy atom. The second-order valence-corrected chi connectivity index (χ2v) is 10.0. The molecule has 4 aliphatic heterocycles. The van der Waals surface area contributed by atoms with Gasteiger partial charge >= 0.3 is 0 Å². The Hall–Kier alpha value is -2.06. The number of nitrogens with zero attached hydrogens (tertiary/aromatic N) is 3. The molecule has 7 nitrogen and oxygen atoms in total. The molecule has 0 spiro atoms. The maximum atomic E-state index is 13.3. The molecule has 3 saturated heterocycles. The predicted octanol–water partition coefficient (Wildman–Crippen LogP) is 2.25. The molecule has 3 amide bonds. The van der Waals surface area contributed by atoms with Crippen molar-refractivity contribution in [2.24, 2.45) is 5.92 Å². The molecule has 2 atom stereocenters. The molecule has 0 bridgehead atoms. The van der Waals surface area contributed by atoms with E-state index in [1.807, 2.05) is 28.8 Å². The molecule has 0 N–H and O–H groups in total. The summed E-state index contributed by atoms with van der Waals surface area (Å²) < 4.78 is 5.65. The van der Waals surface area contributed by atoms with Crippen LogP contribution in [-0.2, 0) is 9.53 Å². The fraction of sp³-hybridized carbons (Fsp3) is 0.609. The molecule has 0 aromatic heterocycles. The highest BCUT2D eigenvalue weighted by Gasteiger charge is 2.41. The SMILES string of the molecule is O=C(C1CCCN(c2cccc3c2C(=O)N(CC2CCCO2)C3=O)C1)N1CCSCC1. The average molecular weight is 444 g/mol. The highest BCUT2D eigenvalue weighted by molar-refractivity contribution is 7.99. The number of fused-ring (bicyclic) bond motifs is 1. The number of thioether (sulfide) groups is 1. The monoisotopic (exact) mass is 443 g/mol. The van der Waals surface area contributed by atoms with Gasteiger partial charge in [0.05, 0.1) is 35.4 Å². The quantitative estimate of drug-likeness (QED) is 0.665. The number of rotatable bonds is 4. The fourth-order valence-electron chi connectivity index (χ4n) is 5.18. The Labute approximate surface area is 187 Å². The van der Waals surface area contributed by atoms with Gasteiger partial charge in [0.2, 0.25) is 5.91 Å². The van der Waals surface area contributed by atoms with Crippen molar-refractivity contribution < 1.29 is 19.1 Å². The zero-order valence-electron chi connectivity index (χ0n) is 17.8. The van der Waals surface area contributed by atoms with Crippen molar-refractivity contribution in [2.75, 3.05) is 55.7 Å². The first-order valence-corrected chi connectivity index (χ1v) is 12.5. The molecule has 5 rings (SSSR count). The van der Waals surface area contributed by atoms with Gasteiger partial charge in [-0.25, -0.2) is 0 Å². The number of piperidine rings is 1. The molecule has 31 heavy (non-hydrogen) atoms. The van der Waals surface area contributed by atoms with Crippen LogP contribution in [0.2, 0.25) is 0 Å². The van der Waals surface area contributed by atoms with Gasteiger partial charge < -0.3 is 14.5 Å². The van der Waals surface area contributed by atoms with Crippen molar-refractivity contribution >= 4 is 35.2 Å². The van der Waals surface area contributed by atoms with Crippen LogP contribution < -0.4 is 4.90 Å². The van der Waals surface area contributed by atoms with Gasteiger partial charge in [-0.2, -0.15) is 11.8 Å². The molecule has 8 heteroatoms. The first-order chi connectivity index (χ1) is 15.1. The Kier molecular flexibility index (Phi) is 5.93. The van der Waals surface area contributed by atoms with E-state index in [0.29, 0.717) is 30.8 Å². The molecular formula is C23H29N3O4S. The molecular weight excluding hydrogens is 414 g/mol. The summed E-state index contributed by atoms with van der Waals surface area (Å²) in [6.07, 6.45) is 3.57. The first-order valence-electron chi connectivity index (χ1n) is 11.4. The lowest BCUT2D eigenvalue weighted by atomic mass is 9.94. The Balaban J connectivity index is 1.35. The summed E-state index contributed by atoms with van der Waals surface area (Å²) >= 11 is 1.90. The van der Waals surface area contributed by atoms with Gasteiger partial charge in [-0.3, -0.25) is 19.3 Å². The van der Waals surface area contributed by atoms with E-state index in [9.17, 15) is 14.4 Å². The predicted molar refractivity (Wildman–Crippen MR) is 120 cm³/mol. The van der Waals surface area contributed by atoms with E-state index in [4.69, 9.17) is 4.74 Å². The summed E-state index contributed by atoms with van der Waals surface area (Å²) in [5, 5.41) is 0. The summed E-state index contributed by atoms with van der Waals surface area (Å²) in [6.45, 7) is 4.06. The number of hydrogen-bond donors (Lipinski definition) is 0. The smallest absolute Gasteiger partial charge is 0.263 e. The Morgan fingerprint density at radius 3 is 2.68 bits per heavy atom. The summed E-state index contributed by atoms with van der Waals surface area (Å²) in [6, 6.07) is 5.51. The summed E-state index contributed by atoms with van der Waals surface area (Å²) in [4.78, 5) is 44.8. The van der Waals surface area contributed by atoms with Gasteiger partial charge in [0.25, 0.3) is 11.8 Å².